The molecule has 1 unspecified atom stereocenters. The van der Waals surface area contributed by atoms with Gasteiger partial charge in [0.1, 0.15) is 0 Å². The molecule has 1 aromatic rings. The average Bonchev–Trinajstić information content (AvgIpc) is 2.38. The Balaban J connectivity index is 1.94. The van der Waals surface area contributed by atoms with Gasteiger partial charge in [0.15, 0.2) is 0 Å². The highest BCUT2D eigenvalue weighted by Gasteiger charge is 2.42. The molecule has 1 aromatic carbocycles. The van der Waals surface area contributed by atoms with Crippen molar-refractivity contribution < 1.29 is 13.2 Å². The number of benzene rings is 1. The molecule has 1 saturated carbocycles. The number of hydrogen-bond donors (Lipinski definition) is 1. The highest BCUT2D eigenvalue weighted by molar-refractivity contribution is 5.19. The average molecular weight is 257 g/mol. The predicted octanol–water partition coefficient (Wildman–Crippen LogP) is 4.06. The first-order valence-electron chi connectivity index (χ1n) is 6.35. The summed E-state index contributed by atoms with van der Waals surface area (Å²) in [7, 11) is 0. The number of hydrogen-bond acceptors (Lipinski definition) is 1. The first kappa shape index (κ1) is 13.4. The van der Waals surface area contributed by atoms with E-state index in [1.165, 1.54) is 0 Å². The second-order valence-corrected chi connectivity index (χ2v) is 5.09. The molecule has 18 heavy (non-hydrogen) atoms. The molecule has 0 bridgehead atoms. The van der Waals surface area contributed by atoms with Crippen LogP contribution in [0, 0.1) is 11.8 Å². The van der Waals surface area contributed by atoms with Crippen LogP contribution in [-0.2, 0) is 0 Å². The topological polar surface area (TPSA) is 26.0 Å². The maximum atomic E-state index is 12.6. The fraction of sp³-hybridized carbons (Fsp3) is 0.571. The second kappa shape index (κ2) is 5.31. The van der Waals surface area contributed by atoms with Crippen molar-refractivity contribution in [3.05, 3.63) is 35.9 Å². The second-order valence-electron chi connectivity index (χ2n) is 5.09. The van der Waals surface area contributed by atoms with Gasteiger partial charge in [-0.2, -0.15) is 13.2 Å². The van der Waals surface area contributed by atoms with Crippen LogP contribution in [-0.4, -0.2) is 6.18 Å². The van der Waals surface area contributed by atoms with E-state index in [-0.39, 0.29) is 24.8 Å². The summed E-state index contributed by atoms with van der Waals surface area (Å²) in [5.41, 5.74) is 7.16. The van der Waals surface area contributed by atoms with Crippen LogP contribution in [0.3, 0.4) is 0 Å². The Kier molecular flexibility index (Phi) is 3.95. The number of alkyl halides is 3. The normalized spacial score (nSPS) is 26.9. The predicted molar refractivity (Wildman–Crippen MR) is 64.9 cm³/mol. The summed E-state index contributed by atoms with van der Waals surface area (Å²) in [5, 5.41) is 0. The monoisotopic (exact) mass is 257 g/mol. The Bertz CT molecular complexity index is 366. The fourth-order valence-electron chi connectivity index (χ4n) is 2.75. The van der Waals surface area contributed by atoms with Crippen molar-refractivity contribution in [3.8, 4) is 0 Å². The zero-order valence-corrected chi connectivity index (χ0v) is 10.2. The molecule has 1 nitrogen and oxygen atoms in total. The van der Waals surface area contributed by atoms with Crippen LogP contribution in [0.4, 0.5) is 13.2 Å². The van der Waals surface area contributed by atoms with Crippen molar-refractivity contribution in [1.29, 1.82) is 0 Å². The minimum Gasteiger partial charge on any atom is -0.324 e. The minimum atomic E-state index is -4.04. The van der Waals surface area contributed by atoms with Crippen LogP contribution in [0.15, 0.2) is 30.3 Å². The molecule has 0 aliphatic heterocycles. The molecular formula is C14H18F3N. The number of rotatable bonds is 2. The zero-order chi connectivity index (χ0) is 13.2. The van der Waals surface area contributed by atoms with Crippen LogP contribution in [0.1, 0.15) is 37.3 Å². The molecule has 1 atom stereocenters. The van der Waals surface area contributed by atoms with E-state index in [9.17, 15) is 13.2 Å². The third kappa shape index (κ3) is 3.05. The molecule has 0 heterocycles. The molecule has 4 heteroatoms. The molecule has 2 N–H and O–H groups in total. The molecule has 0 spiro atoms. The van der Waals surface area contributed by atoms with E-state index in [0.29, 0.717) is 12.8 Å². The van der Waals surface area contributed by atoms with Crippen molar-refractivity contribution in [3.63, 3.8) is 0 Å². The highest BCUT2D eigenvalue weighted by atomic mass is 19.4. The lowest BCUT2D eigenvalue weighted by Crippen LogP contribution is -2.31. The van der Waals surface area contributed by atoms with Crippen LogP contribution >= 0.6 is 0 Å². The minimum absolute atomic E-state index is 0.139. The van der Waals surface area contributed by atoms with Crippen molar-refractivity contribution in [2.45, 2.75) is 37.9 Å². The summed E-state index contributed by atoms with van der Waals surface area (Å²) in [4.78, 5) is 0. The van der Waals surface area contributed by atoms with Gasteiger partial charge in [-0.3, -0.25) is 0 Å². The molecule has 1 aliphatic carbocycles. The van der Waals surface area contributed by atoms with Gasteiger partial charge in [-0.15, -0.1) is 0 Å². The lowest BCUT2D eigenvalue weighted by molar-refractivity contribution is -0.184. The summed E-state index contributed by atoms with van der Waals surface area (Å²) in [5.74, 6) is -0.956. The van der Waals surface area contributed by atoms with Crippen LogP contribution in [0.25, 0.3) is 0 Å². The summed E-state index contributed by atoms with van der Waals surface area (Å²) in [6.07, 6.45) is -2.47. The van der Waals surface area contributed by atoms with Crippen molar-refractivity contribution in [1.82, 2.24) is 0 Å². The van der Waals surface area contributed by atoms with Gasteiger partial charge in [-0.25, -0.2) is 0 Å². The van der Waals surface area contributed by atoms with Gasteiger partial charge >= 0.3 is 6.18 Å². The molecular weight excluding hydrogens is 239 g/mol. The summed E-state index contributed by atoms with van der Waals surface area (Å²) < 4.78 is 37.7. The first-order chi connectivity index (χ1) is 8.48. The van der Waals surface area contributed by atoms with E-state index in [4.69, 9.17) is 5.73 Å². The van der Waals surface area contributed by atoms with Crippen LogP contribution < -0.4 is 5.73 Å². The smallest absolute Gasteiger partial charge is 0.324 e. The fourth-order valence-corrected chi connectivity index (χ4v) is 2.75. The van der Waals surface area contributed by atoms with Gasteiger partial charge in [0.25, 0.3) is 0 Å². The standard InChI is InChI=1S/C14H18F3N/c15-14(16,17)12-8-6-11(7-9-12)13(18)10-4-2-1-3-5-10/h1-5,11-13H,6-9,18H2. The van der Waals surface area contributed by atoms with Crippen LogP contribution in [0.5, 0.6) is 0 Å². The third-order valence-electron chi connectivity index (χ3n) is 3.93. The Hall–Kier alpha value is -1.03. The largest absolute Gasteiger partial charge is 0.391 e. The molecule has 100 valence electrons. The van der Waals surface area contributed by atoms with Crippen molar-refractivity contribution in [2.24, 2.45) is 17.6 Å². The van der Waals surface area contributed by atoms with Crippen LogP contribution in [0.2, 0.25) is 0 Å². The SMILES string of the molecule is NC(c1ccccc1)C1CCC(C(F)(F)F)CC1. The Morgan fingerprint density at radius 3 is 2.06 bits per heavy atom. The number of nitrogens with two attached hydrogens (primary N) is 1. The summed E-state index contributed by atoms with van der Waals surface area (Å²) in [6, 6.07) is 9.49. The van der Waals surface area contributed by atoms with Gasteiger partial charge in [0.2, 0.25) is 0 Å². The molecule has 0 amide bonds. The molecule has 0 aromatic heterocycles. The van der Waals surface area contributed by atoms with E-state index in [1.54, 1.807) is 0 Å². The molecule has 1 fully saturated rings. The van der Waals surface area contributed by atoms with Gasteiger partial charge in [-0.1, -0.05) is 30.3 Å². The maximum Gasteiger partial charge on any atom is 0.391 e. The molecule has 0 radical (unpaired) electrons. The van der Waals surface area contributed by atoms with E-state index in [2.05, 4.69) is 0 Å². The molecule has 0 saturated heterocycles. The Morgan fingerprint density at radius 1 is 1.00 bits per heavy atom. The lowest BCUT2D eigenvalue weighted by Gasteiger charge is -2.33. The van der Waals surface area contributed by atoms with Crippen molar-refractivity contribution in [2.75, 3.05) is 0 Å². The molecule has 1 aliphatic rings. The van der Waals surface area contributed by atoms with Gasteiger partial charge < -0.3 is 5.73 Å². The van der Waals surface area contributed by atoms with E-state index in [0.717, 1.165) is 5.56 Å². The maximum absolute atomic E-state index is 12.6. The van der Waals surface area contributed by atoms with E-state index in [1.807, 2.05) is 30.3 Å². The van der Waals surface area contributed by atoms with Gasteiger partial charge in [0.05, 0.1) is 5.92 Å². The Morgan fingerprint density at radius 2 is 1.56 bits per heavy atom. The van der Waals surface area contributed by atoms with E-state index >= 15 is 0 Å². The Labute approximate surface area is 105 Å². The highest BCUT2D eigenvalue weighted by Crippen LogP contribution is 2.42. The first-order valence-corrected chi connectivity index (χ1v) is 6.35. The van der Waals surface area contributed by atoms with Gasteiger partial charge in [-0.05, 0) is 37.2 Å². The zero-order valence-electron chi connectivity index (χ0n) is 10.2. The summed E-state index contributed by atoms with van der Waals surface area (Å²) in [6.45, 7) is 0. The van der Waals surface area contributed by atoms with Gasteiger partial charge in [0, 0.05) is 6.04 Å². The lowest BCUT2D eigenvalue weighted by atomic mass is 9.77. The summed E-state index contributed by atoms with van der Waals surface area (Å²) >= 11 is 0. The molecule has 2 rings (SSSR count). The number of halogens is 3. The van der Waals surface area contributed by atoms with E-state index < -0.39 is 12.1 Å². The third-order valence-corrected chi connectivity index (χ3v) is 3.93. The quantitative estimate of drug-likeness (QED) is 0.849. The van der Waals surface area contributed by atoms with Crippen molar-refractivity contribution >= 4 is 0 Å².